The van der Waals surface area contributed by atoms with Crippen LogP contribution in [0.3, 0.4) is 0 Å². The average Bonchev–Trinajstić information content (AvgIpc) is 2.92. The molecule has 4 rings (SSSR count). The molecule has 26 heavy (non-hydrogen) atoms. The molecule has 0 aliphatic heterocycles. The number of aliphatic hydroxyl groups is 1. The summed E-state index contributed by atoms with van der Waals surface area (Å²) < 4.78 is 5.36. The number of fused-ring (bicyclic) bond motifs is 3. The van der Waals surface area contributed by atoms with Gasteiger partial charge in [0.05, 0.1) is 6.10 Å². The van der Waals surface area contributed by atoms with E-state index in [2.05, 4.69) is 5.32 Å². The highest BCUT2D eigenvalue weighted by molar-refractivity contribution is 5.86. The Morgan fingerprint density at radius 1 is 1.04 bits per heavy atom. The first kappa shape index (κ1) is 16.6. The standard InChI is InChI=1S/C20H19NO5/c22-12-9-20(10-12,18(23)24)21-19(25)26-11-17-15-7-3-1-5-13(15)14-6-2-4-8-16(14)17/h1-8,12,17,22H,9-11H2,(H,21,25)(H,23,24). The number of carboxylic acid groups (broad SMARTS) is 1. The lowest BCUT2D eigenvalue weighted by Crippen LogP contribution is -2.64. The zero-order valence-electron chi connectivity index (χ0n) is 14.0. The van der Waals surface area contributed by atoms with Crippen LogP contribution in [0.15, 0.2) is 48.5 Å². The maximum absolute atomic E-state index is 12.2. The van der Waals surface area contributed by atoms with Crippen molar-refractivity contribution in [3.63, 3.8) is 0 Å². The van der Waals surface area contributed by atoms with Crippen molar-refractivity contribution in [2.24, 2.45) is 0 Å². The van der Waals surface area contributed by atoms with Gasteiger partial charge in [0, 0.05) is 18.8 Å². The summed E-state index contributed by atoms with van der Waals surface area (Å²) in [4.78, 5) is 23.6. The van der Waals surface area contributed by atoms with Crippen molar-refractivity contribution >= 4 is 12.1 Å². The molecular weight excluding hydrogens is 334 g/mol. The molecule has 134 valence electrons. The summed E-state index contributed by atoms with van der Waals surface area (Å²) in [7, 11) is 0. The van der Waals surface area contributed by atoms with Gasteiger partial charge in [0.25, 0.3) is 0 Å². The number of rotatable bonds is 4. The van der Waals surface area contributed by atoms with E-state index in [-0.39, 0.29) is 25.4 Å². The summed E-state index contributed by atoms with van der Waals surface area (Å²) in [6, 6.07) is 16.0. The molecule has 1 saturated carbocycles. The SMILES string of the molecule is O=C(NC1(C(=O)O)CC(O)C1)OCC1c2ccccc2-c2ccccc21. The largest absolute Gasteiger partial charge is 0.479 e. The molecule has 6 nitrogen and oxygen atoms in total. The van der Waals surface area contributed by atoms with Crippen LogP contribution in [0.4, 0.5) is 4.79 Å². The number of alkyl carbamates (subject to hydrolysis) is 1. The minimum absolute atomic E-state index is 0.00741. The van der Waals surface area contributed by atoms with Crippen molar-refractivity contribution in [2.75, 3.05) is 6.61 Å². The van der Waals surface area contributed by atoms with Gasteiger partial charge in [-0.05, 0) is 22.3 Å². The third kappa shape index (κ3) is 2.63. The van der Waals surface area contributed by atoms with Crippen LogP contribution in [0.5, 0.6) is 0 Å². The summed E-state index contributed by atoms with van der Waals surface area (Å²) in [6.45, 7) is 0.123. The molecular formula is C20H19NO5. The van der Waals surface area contributed by atoms with Crippen LogP contribution in [0.25, 0.3) is 11.1 Å². The van der Waals surface area contributed by atoms with E-state index in [0.29, 0.717) is 0 Å². The first-order chi connectivity index (χ1) is 12.5. The van der Waals surface area contributed by atoms with Crippen molar-refractivity contribution in [1.29, 1.82) is 0 Å². The van der Waals surface area contributed by atoms with E-state index in [0.717, 1.165) is 22.3 Å². The Labute approximate surface area is 150 Å². The second kappa shape index (κ2) is 6.14. The lowest BCUT2D eigenvalue weighted by atomic mass is 9.74. The third-order valence-electron chi connectivity index (χ3n) is 5.26. The van der Waals surface area contributed by atoms with Gasteiger partial charge in [0.15, 0.2) is 0 Å². The van der Waals surface area contributed by atoms with Crippen LogP contribution >= 0.6 is 0 Å². The Kier molecular flexibility index (Phi) is 3.92. The first-order valence-electron chi connectivity index (χ1n) is 8.55. The molecule has 0 unspecified atom stereocenters. The molecule has 2 aromatic rings. The van der Waals surface area contributed by atoms with Crippen LogP contribution in [-0.4, -0.2) is 40.5 Å². The highest BCUT2D eigenvalue weighted by atomic mass is 16.5. The molecule has 0 spiro atoms. The van der Waals surface area contributed by atoms with E-state index in [4.69, 9.17) is 4.74 Å². The van der Waals surface area contributed by atoms with Gasteiger partial charge in [-0.25, -0.2) is 9.59 Å². The van der Waals surface area contributed by atoms with Gasteiger partial charge in [-0.15, -0.1) is 0 Å². The van der Waals surface area contributed by atoms with Gasteiger partial charge in [-0.1, -0.05) is 48.5 Å². The molecule has 1 fully saturated rings. The Bertz CT molecular complexity index is 827. The smallest absolute Gasteiger partial charge is 0.408 e. The van der Waals surface area contributed by atoms with Crippen LogP contribution in [0, 0.1) is 0 Å². The van der Waals surface area contributed by atoms with Crippen LogP contribution < -0.4 is 5.32 Å². The average molecular weight is 353 g/mol. The van der Waals surface area contributed by atoms with Crippen molar-refractivity contribution in [3.8, 4) is 11.1 Å². The quantitative estimate of drug-likeness (QED) is 0.785. The number of aliphatic carboxylic acids is 1. The van der Waals surface area contributed by atoms with Crippen molar-refractivity contribution < 1.29 is 24.5 Å². The number of aliphatic hydroxyl groups excluding tert-OH is 1. The van der Waals surface area contributed by atoms with Crippen molar-refractivity contribution in [3.05, 3.63) is 59.7 Å². The van der Waals surface area contributed by atoms with E-state index in [1.54, 1.807) is 0 Å². The number of hydrogen-bond donors (Lipinski definition) is 3. The Morgan fingerprint density at radius 3 is 2.08 bits per heavy atom. The molecule has 0 bridgehead atoms. The number of benzene rings is 2. The van der Waals surface area contributed by atoms with E-state index in [1.165, 1.54) is 0 Å². The van der Waals surface area contributed by atoms with E-state index >= 15 is 0 Å². The monoisotopic (exact) mass is 353 g/mol. The van der Waals surface area contributed by atoms with Crippen molar-refractivity contribution in [2.45, 2.75) is 30.4 Å². The lowest BCUT2D eigenvalue weighted by Gasteiger charge is -2.41. The number of amides is 1. The number of carbonyl (C=O) groups excluding carboxylic acids is 1. The Morgan fingerprint density at radius 2 is 1.58 bits per heavy atom. The van der Waals surface area contributed by atoms with Gasteiger partial charge in [0.1, 0.15) is 12.1 Å². The van der Waals surface area contributed by atoms with Crippen LogP contribution in [0.2, 0.25) is 0 Å². The fraction of sp³-hybridized carbons (Fsp3) is 0.300. The van der Waals surface area contributed by atoms with E-state index in [1.807, 2.05) is 48.5 Å². The molecule has 0 heterocycles. The Balaban J connectivity index is 1.48. The predicted molar refractivity (Wildman–Crippen MR) is 93.8 cm³/mol. The zero-order valence-corrected chi connectivity index (χ0v) is 14.0. The minimum atomic E-state index is -1.43. The van der Waals surface area contributed by atoms with Crippen LogP contribution in [0.1, 0.15) is 29.9 Å². The van der Waals surface area contributed by atoms with E-state index < -0.39 is 23.7 Å². The second-order valence-corrected chi connectivity index (χ2v) is 6.90. The van der Waals surface area contributed by atoms with Crippen molar-refractivity contribution in [1.82, 2.24) is 5.32 Å². The molecule has 2 aliphatic rings. The molecule has 2 aromatic carbocycles. The van der Waals surface area contributed by atoms with Gasteiger partial charge >= 0.3 is 12.1 Å². The zero-order chi connectivity index (χ0) is 18.3. The van der Waals surface area contributed by atoms with Gasteiger partial charge < -0.3 is 20.3 Å². The summed E-state index contributed by atoms with van der Waals surface area (Å²) in [5, 5.41) is 21.1. The molecule has 0 aromatic heterocycles. The third-order valence-corrected chi connectivity index (χ3v) is 5.26. The maximum Gasteiger partial charge on any atom is 0.408 e. The highest BCUT2D eigenvalue weighted by Crippen LogP contribution is 2.44. The fourth-order valence-corrected chi connectivity index (χ4v) is 3.90. The maximum atomic E-state index is 12.2. The normalized spacial score (nSPS) is 23.5. The van der Waals surface area contributed by atoms with Gasteiger partial charge in [-0.2, -0.15) is 0 Å². The summed E-state index contributed by atoms with van der Waals surface area (Å²) in [6.07, 6.45) is -1.50. The second-order valence-electron chi connectivity index (χ2n) is 6.90. The molecule has 0 radical (unpaired) electrons. The Hall–Kier alpha value is -2.86. The molecule has 2 aliphatic carbocycles. The topological polar surface area (TPSA) is 95.9 Å². The lowest BCUT2D eigenvalue weighted by molar-refractivity contribution is -0.154. The number of carbonyl (C=O) groups is 2. The number of nitrogens with one attached hydrogen (secondary N) is 1. The number of hydrogen-bond acceptors (Lipinski definition) is 4. The number of ether oxygens (including phenoxy) is 1. The van der Waals surface area contributed by atoms with Gasteiger partial charge in [-0.3, -0.25) is 0 Å². The van der Waals surface area contributed by atoms with E-state index in [9.17, 15) is 19.8 Å². The molecule has 6 heteroatoms. The highest BCUT2D eigenvalue weighted by Gasteiger charge is 2.51. The first-order valence-corrected chi connectivity index (χ1v) is 8.55. The van der Waals surface area contributed by atoms with Crippen LogP contribution in [-0.2, 0) is 9.53 Å². The summed E-state index contributed by atoms with van der Waals surface area (Å²) >= 11 is 0. The summed E-state index contributed by atoms with van der Waals surface area (Å²) in [5.74, 6) is -1.24. The molecule has 1 amide bonds. The fourth-order valence-electron chi connectivity index (χ4n) is 3.90. The minimum Gasteiger partial charge on any atom is -0.479 e. The summed E-state index contributed by atoms with van der Waals surface area (Å²) in [5.41, 5.74) is 3.01. The molecule has 0 saturated heterocycles. The number of carboxylic acids is 1. The van der Waals surface area contributed by atoms with Gasteiger partial charge in [0.2, 0.25) is 0 Å². The predicted octanol–water partition coefficient (Wildman–Crippen LogP) is 2.50. The molecule has 0 atom stereocenters. The molecule has 3 N–H and O–H groups in total.